The number of anilines is 2. The van der Waals surface area contributed by atoms with E-state index in [2.05, 4.69) is 25.5 Å². The minimum absolute atomic E-state index is 0.00427. The average Bonchev–Trinajstić information content (AvgIpc) is 3.26. The van der Waals surface area contributed by atoms with Crippen LogP contribution in [0.1, 0.15) is 31.4 Å². The summed E-state index contributed by atoms with van der Waals surface area (Å²) in [5.41, 5.74) is -0.402. The minimum Gasteiger partial charge on any atom is -0.487 e. The lowest BCUT2D eigenvalue weighted by molar-refractivity contribution is -0.152. The second-order valence-corrected chi connectivity index (χ2v) is 8.03. The van der Waals surface area contributed by atoms with Gasteiger partial charge in [0.15, 0.2) is 11.6 Å². The van der Waals surface area contributed by atoms with Gasteiger partial charge >= 0.3 is 5.97 Å². The molecule has 2 aromatic heterocycles. The number of ether oxygens (including phenoxy) is 1. The summed E-state index contributed by atoms with van der Waals surface area (Å²) in [6.07, 6.45) is 6.44. The van der Waals surface area contributed by atoms with E-state index in [4.69, 9.17) is 16.3 Å². The van der Waals surface area contributed by atoms with E-state index in [1.54, 1.807) is 30.7 Å². The number of carbonyl (C=O) groups is 1. The van der Waals surface area contributed by atoms with Crippen LogP contribution in [0.2, 0.25) is 5.02 Å². The summed E-state index contributed by atoms with van der Waals surface area (Å²) in [5, 5.41) is 19.7. The minimum atomic E-state index is -0.978. The summed E-state index contributed by atoms with van der Waals surface area (Å²) in [6.45, 7) is 0. The quantitative estimate of drug-likeness (QED) is 0.494. The Kier molecular flexibility index (Phi) is 6.03. The molecule has 0 aliphatic heterocycles. The molecule has 3 aromatic rings. The van der Waals surface area contributed by atoms with Crippen molar-refractivity contribution in [1.29, 1.82) is 0 Å². The average molecular weight is 446 g/mol. The third-order valence-corrected chi connectivity index (χ3v) is 5.81. The van der Waals surface area contributed by atoms with Gasteiger partial charge in [-0.25, -0.2) is 9.37 Å². The summed E-state index contributed by atoms with van der Waals surface area (Å²) in [5.74, 6) is -0.241. The van der Waals surface area contributed by atoms with Crippen molar-refractivity contribution >= 4 is 29.2 Å². The Bertz CT molecular complexity index is 1050. The normalized spacial score (nSPS) is 20.9. The number of hydrogen-bond donors (Lipinski definition) is 3. The van der Waals surface area contributed by atoms with Gasteiger partial charge < -0.3 is 15.2 Å². The van der Waals surface area contributed by atoms with E-state index in [-0.39, 0.29) is 23.3 Å². The van der Waals surface area contributed by atoms with Crippen molar-refractivity contribution in [2.75, 3.05) is 5.32 Å². The van der Waals surface area contributed by atoms with Gasteiger partial charge in [0.25, 0.3) is 0 Å². The van der Waals surface area contributed by atoms with Gasteiger partial charge in [0.1, 0.15) is 11.6 Å². The van der Waals surface area contributed by atoms with Crippen molar-refractivity contribution in [3.63, 3.8) is 0 Å². The fourth-order valence-electron chi connectivity index (χ4n) is 3.84. The number of nitrogens with zero attached hydrogens (tertiary/aromatic N) is 3. The van der Waals surface area contributed by atoms with Gasteiger partial charge in [-0.05, 0) is 37.8 Å². The smallest absolute Gasteiger partial charge is 0.310 e. The fourth-order valence-corrected chi connectivity index (χ4v) is 4.01. The van der Waals surface area contributed by atoms with Gasteiger partial charge in [0, 0.05) is 18.7 Å². The van der Waals surface area contributed by atoms with Crippen LogP contribution in [-0.2, 0) is 11.2 Å². The van der Waals surface area contributed by atoms with E-state index in [9.17, 15) is 14.3 Å². The zero-order valence-electron chi connectivity index (χ0n) is 16.5. The van der Waals surface area contributed by atoms with Crippen LogP contribution in [0.3, 0.4) is 0 Å². The second kappa shape index (κ2) is 8.89. The number of aliphatic carboxylic acids is 1. The van der Waals surface area contributed by atoms with Crippen LogP contribution in [0, 0.1) is 11.2 Å². The Morgan fingerprint density at radius 3 is 2.84 bits per heavy atom. The lowest BCUT2D eigenvalue weighted by atomic mass is 9.70. The highest BCUT2D eigenvalue weighted by Gasteiger charge is 2.43. The second-order valence-electron chi connectivity index (χ2n) is 7.62. The monoisotopic (exact) mass is 445 g/mol. The Hall–Kier alpha value is -3.20. The van der Waals surface area contributed by atoms with Crippen molar-refractivity contribution in [3.05, 3.63) is 59.4 Å². The highest BCUT2D eigenvalue weighted by atomic mass is 35.5. The molecule has 4 rings (SSSR count). The van der Waals surface area contributed by atoms with Gasteiger partial charge in [-0.3, -0.25) is 14.9 Å². The number of halogens is 2. The summed E-state index contributed by atoms with van der Waals surface area (Å²) in [7, 11) is 0. The Morgan fingerprint density at radius 1 is 1.32 bits per heavy atom. The number of carboxylic acid groups (broad SMARTS) is 1. The predicted octanol–water partition coefficient (Wildman–Crippen LogP) is 4.37. The van der Waals surface area contributed by atoms with Gasteiger partial charge in [-0.2, -0.15) is 5.10 Å². The van der Waals surface area contributed by atoms with E-state index in [1.807, 2.05) is 0 Å². The molecule has 8 nitrogen and oxygen atoms in total. The maximum atomic E-state index is 14.1. The van der Waals surface area contributed by atoms with E-state index in [0.717, 1.165) is 0 Å². The molecule has 1 aliphatic carbocycles. The van der Waals surface area contributed by atoms with Gasteiger partial charge in [0.2, 0.25) is 0 Å². The molecular formula is C21H21ClFN5O3. The first kappa shape index (κ1) is 21.0. The van der Waals surface area contributed by atoms with Crippen LogP contribution in [0.15, 0.2) is 42.9 Å². The SMILES string of the molecule is O=C(O)C1(Cc2cncc(Nc3ccn[nH]3)n2)CCC(Oc2cccc(Cl)c2F)CC1. The van der Waals surface area contributed by atoms with Crippen molar-refractivity contribution in [3.8, 4) is 5.75 Å². The molecule has 3 N–H and O–H groups in total. The third kappa shape index (κ3) is 4.77. The molecule has 1 fully saturated rings. The number of carboxylic acids is 1. The standard InChI is InChI=1S/C21H21ClFN5O3/c22-15-2-1-3-16(19(15)23)31-14-4-7-21(8-5-14,20(29)30)10-13-11-24-12-18(26-13)27-17-6-9-25-28-17/h1-3,6,9,11-12,14H,4-5,7-8,10H2,(H,29,30)(H2,25,26,27,28). The van der Waals surface area contributed by atoms with Crippen molar-refractivity contribution in [1.82, 2.24) is 20.2 Å². The number of nitrogens with one attached hydrogen (secondary N) is 2. The van der Waals surface area contributed by atoms with Crippen molar-refractivity contribution < 1.29 is 19.0 Å². The Balaban J connectivity index is 1.43. The number of aromatic amines is 1. The van der Waals surface area contributed by atoms with Gasteiger partial charge in [-0.15, -0.1) is 0 Å². The van der Waals surface area contributed by atoms with E-state index >= 15 is 0 Å². The first-order chi connectivity index (χ1) is 14.9. The fraction of sp³-hybridized carbons (Fsp3) is 0.333. The van der Waals surface area contributed by atoms with Gasteiger partial charge in [-0.1, -0.05) is 17.7 Å². The Morgan fingerprint density at radius 2 is 2.13 bits per heavy atom. The lowest BCUT2D eigenvalue weighted by Gasteiger charge is -2.36. The molecular weight excluding hydrogens is 425 g/mol. The van der Waals surface area contributed by atoms with Gasteiger partial charge in [0.05, 0.1) is 34.6 Å². The van der Waals surface area contributed by atoms with E-state index < -0.39 is 17.2 Å². The van der Waals surface area contributed by atoms with Crippen LogP contribution in [0.4, 0.5) is 16.0 Å². The predicted molar refractivity (Wildman–Crippen MR) is 112 cm³/mol. The first-order valence-electron chi connectivity index (χ1n) is 9.87. The molecule has 1 saturated carbocycles. The molecule has 162 valence electrons. The first-order valence-corrected chi connectivity index (χ1v) is 10.2. The number of rotatable bonds is 7. The highest BCUT2D eigenvalue weighted by Crippen LogP contribution is 2.41. The topological polar surface area (TPSA) is 113 Å². The molecule has 1 aliphatic rings. The maximum absolute atomic E-state index is 14.1. The van der Waals surface area contributed by atoms with Crippen LogP contribution >= 0.6 is 11.6 Å². The summed E-state index contributed by atoms with van der Waals surface area (Å²) in [6, 6.07) is 6.34. The summed E-state index contributed by atoms with van der Waals surface area (Å²) in [4.78, 5) is 20.9. The number of benzene rings is 1. The maximum Gasteiger partial charge on any atom is 0.310 e. The molecule has 2 heterocycles. The number of aromatic nitrogens is 4. The van der Waals surface area contributed by atoms with Crippen molar-refractivity contribution in [2.24, 2.45) is 5.41 Å². The van der Waals surface area contributed by atoms with Crippen molar-refractivity contribution in [2.45, 2.75) is 38.2 Å². The van der Waals surface area contributed by atoms with Crippen LogP contribution in [0.25, 0.3) is 0 Å². The lowest BCUT2D eigenvalue weighted by Crippen LogP contribution is -2.40. The highest BCUT2D eigenvalue weighted by molar-refractivity contribution is 6.30. The van der Waals surface area contributed by atoms with Crippen LogP contribution < -0.4 is 10.1 Å². The zero-order valence-corrected chi connectivity index (χ0v) is 17.3. The molecule has 0 atom stereocenters. The molecule has 0 saturated heterocycles. The zero-order chi connectivity index (χ0) is 21.8. The molecule has 0 spiro atoms. The molecule has 31 heavy (non-hydrogen) atoms. The molecule has 0 amide bonds. The largest absolute Gasteiger partial charge is 0.487 e. The molecule has 1 aromatic carbocycles. The summed E-state index contributed by atoms with van der Waals surface area (Å²) < 4.78 is 19.9. The molecule has 0 radical (unpaired) electrons. The van der Waals surface area contributed by atoms with E-state index in [0.29, 0.717) is 43.0 Å². The van der Waals surface area contributed by atoms with Crippen LogP contribution in [0.5, 0.6) is 5.75 Å². The third-order valence-electron chi connectivity index (χ3n) is 5.52. The van der Waals surface area contributed by atoms with E-state index in [1.165, 1.54) is 12.1 Å². The number of hydrogen-bond acceptors (Lipinski definition) is 6. The molecule has 10 heteroatoms. The summed E-state index contributed by atoms with van der Waals surface area (Å²) >= 11 is 5.81. The molecule has 0 unspecified atom stereocenters. The van der Waals surface area contributed by atoms with Crippen LogP contribution in [-0.4, -0.2) is 37.3 Å². The Labute approximate surface area is 182 Å². The molecule has 0 bridgehead atoms. The number of H-pyrrole nitrogens is 1.